The number of hydrogen-bond acceptors (Lipinski definition) is 3. The minimum atomic E-state index is -0.626. The number of rotatable bonds is 16. The molecule has 1 fully saturated rings. The second kappa shape index (κ2) is 16.8. The van der Waals surface area contributed by atoms with Crippen LogP contribution in [0.15, 0.2) is 12.2 Å². The van der Waals surface area contributed by atoms with Crippen molar-refractivity contribution in [1.29, 1.82) is 0 Å². The van der Waals surface area contributed by atoms with Gasteiger partial charge in [0.25, 0.3) is 0 Å². The molecular weight excluding hydrogens is 348 g/mol. The molecule has 1 heterocycles. The van der Waals surface area contributed by atoms with Crippen LogP contribution in [0.2, 0.25) is 0 Å². The summed E-state index contributed by atoms with van der Waals surface area (Å²) in [6.45, 7) is 2.90. The molecular formula is C24H44N2O2. The molecule has 162 valence electrons. The molecule has 0 aromatic carbocycles. The number of carbonyl (C=O) groups is 2. The van der Waals surface area contributed by atoms with E-state index in [1.54, 1.807) is 0 Å². The molecule has 0 aliphatic carbocycles. The van der Waals surface area contributed by atoms with E-state index < -0.39 is 5.92 Å². The highest BCUT2D eigenvalue weighted by Gasteiger charge is 2.33. The summed E-state index contributed by atoms with van der Waals surface area (Å²) in [5, 5.41) is 2.81. The van der Waals surface area contributed by atoms with Crippen molar-refractivity contribution < 1.29 is 9.59 Å². The molecule has 0 saturated carbocycles. The third-order valence-electron chi connectivity index (χ3n) is 5.76. The van der Waals surface area contributed by atoms with Gasteiger partial charge in [-0.25, -0.2) is 0 Å². The van der Waals surface area contributed by atoms with E-state index in [0.717, 1.165) is 25.7 Å². The second-order valence-electron chi connectivity index (χ2n) is 8.38. The Morgan fingerprint density at radius 3 is 2.18 bits per heavy atom. The maximum absolute atomic E-state index is 12.4. The maximum Gasteiger partial charge on any atom is 0.232 e. The zero-order valence-electron chi connectivity index (χ0n) is 18.2. The van der Waals surface area contributed by atoms with Crippen LogP contribution in [0, 0.1) is 5.92 Å². The summed E-state index contributed by atoms with van der Waals surface area (Å²) < 4.78 is 0. The molecule has 0 radical (unpaired) electrons. The average Bonchev–Trinajstić information content (AvgIpc) is 2.85. The van der Waals surface area contributed by atoms with Crippen molar-refractivity contribution >= 4 is 11.7 Å². The minimum Gasteiger partial charge on any atom is -0.355 e. The van der Waals surface area contributed by atoms with E-state index in [4.69, 9.17) is 5.73 Å². The van der Waals surface area contributed by atoms with Gasteiger partial charge in [0, 0.05) is 19.0 Å². The maximum atomic E-state index is 12.4. The monoisotopic (exact) mass is 392 g/mol. The van der Waals surface area contributed by atoms with Crippen LogP contribution in [0.25, 0.3) is 0 Å². The van der Waals surface area contributed by atoms with Crippen molar-refractivity contribution in [3.8, 4) is 0 Å². The summed E-state index contributed by atoms with van der Waals surface area (Å²) in [4.78, 5) is 24.4. The van der Waals surface area contributed by atoms with Crippen molar-refractivity contribution in [3.63, 3.8) is 0 Å². The quantitative estimate of drug-likeness (QED) is 0.208. The summed E-state index contributed by atoms with van der Waals surface area (Å²) in [5.74, 6) is -0.758. The molecule has 1 aliphatic rings. The van der Waals surface area contributed by atoms with Gasteiger partial charge >= 0.3 is 0 Å². The van der Waals surface area contributed by atoms with Crippen LogP contribution in [0.3, 0.4) is 0 Å². The summed E-state index contributed by atoms with van der Waals surface area (Å²) in [5.41, 5.74) is 6.04. The number of amides is 1. The lowest BCUT2D eigenvalue weighted by Crippen LogP contribution is -2.43. The van der Waals surface area contributed by atoms with Crippen molar-refractivity contribution in [1.82, 2.24) is 5.32 Å². The van der Waals surface area contributed by atoms with E-state index in [9.17, 15) is 9.59 Å². The van der Waals surface area contributed by atoms with E-state index in [0.29, 0.717) is 13.0 Å². The number of carbonyl (C=O) groups excluding carboxylic acids is 2. The van der Waals surface area contributed by atoms with Crippen molar-refractivity contribution in [2.24, 2.45) is 11.7 Å². The smallest absolute Gasteiger partial charge is 0.232 e. The molecule has 0 bridgehead atoms. The van der Waals surface area contributed by atoms with Gasteiger partial charge in [-0.1, -0.05) is 70.4 Å². The van der Waals surface area contributed by atoms with E-state index >= 15 is 0 Å². The lowest BCUT2D eigenvalue weighted by molar-refractivity contribution is -0.134. The molecule has 0 spiro atoms. The predicted molar refractivity (Wildman–Crippen MR) is 118 cm³/mol. The lowest BCUT2D eigenvalue weighted by Gasteiger charge is -2.18. The highest BCUT2D eigenvalue weighted by molar-refractivity contribution is 6.02. The Morgan fingerprint density at radius 2 is 1.54 bits per heavy atom. The highest BCUT2D eigenvalue weighted by atomic mass is 16.2. The van der Waals surface area contributed by atoms with Crippen molar-refractivity contribution in [2.45, 2.75) is 116 Å². The minimum absolute atomic E-state index is 0.0320. The molecule has 28 heavy (non-hydrogen) atoms. The van der Waals surface area contributed by atoms with Gasteiger partial charge in [-0.3, -0.25) is 9.59 Å². The fraction of sp³-hybridized carbons (Fsp3) is 0.833. The average molecular weight is 393 g/mol. The Kier molecular flexibility index (Phi) is 14.9. The molecule has 3 N–H and O–H groups in total. The molecule has 1 aliphatic heterocycles. The second-order valence-corrected chi connectivity index (χ2v) is 8.38. The van der Waals surface area contributed by atoms with E-state index in [-0.39, 0.29) is 17.7 Å². The molecule has 4 nitrogen and oxygen atoms in total. The molecule has 4 heteroatoms. The first-order chi connectivity index (χ1) is 13.7. The third kappa shape index (κ3) is 11.6. The standard InChI is InChI=1S/C24H44N2O2/c1-2-3-4-5-6-7-8-9-10-11-12-13-14-15-16-19-22(27)23-21(25)18-17-20-26-24(23)28/h9-10,21,23H,2-8,11-20,25H2,1H3,(H,26,28)/b10-9-. The first-order valence-electron chi connectivity index (χ1n) is 11.9. The summed E-state index contributed by atoms with van der Waals surface area (Å²) in [6, 6.07) is -0.307. The van der Waals surface area contributed by atoms with Gasteiger partial charge in [0.1, 0.15) is 11.7 Å². The number of ketones is 1. The fourth-order valence-electron chi connectivity index (χ4n) is 3.93. The van der Waals surface area contributed by atoms with Gasteiger partial charge in [-0.2, -0.15) is 0 Å². The number of Topliss-reactive ketones (excluding diaryl/α,β-unsaturated/α-hetero) is 1. The number of unbranched alkanes of at least 4 members (excludes halogenated alkanes) is 11. The fourth-order valence-corrected chi connectivity index (χ4v) is 3.93. The zero-order chi connectivity index (χ0) is 20.5. The predicted octanol–water partition coefficient (Wildman–Crippen LogP) is 5.45. The molecule has 1 rings (SSSR count). The van der Waals surface area contributed by atoms with E-state index in [1.807, 2.05) is 0 Å². The van der Waals surface area contributed by atoms with Crippen LogP contribution in [-0.2, 0) is 9.59 Å². The van der Waals surface area contributed by atoms with Crippen molar-refractivity contribution in [2.75, 3.05) is 6.54 Å². The van der Waals surface area contributed by atoms with E-state index in [1.165, 1.54) is 70.6 Å². The molecule has 2 unspecified atom stereocenters. The van der Waals surface area contributed by atoms with Gasteiger partial charge < -0.3 is 11.1 Å². The Morgan fingerprint density at radius 1 is 0.964 bits per heavy atom. The van der Waals surface area contributed by atoms with Gasteiger partial charge in [-0.05, 0) is 44.9 Å². The van der Waals surface area contributed by atoms with Gasteiger partial charge in [0.2, 0.25) is 5.91 Å². The zero-order valence-corrected chi connectivity index (χ0v) is 18.2. The van der Waals surface area contributed by atoms with Gasteiger partial charge in [0.05, 0.1) is 0 Å². The van der Waals surface area contributed by atoms with Crippen LogP contribution in [-0.4, -0.2) is 24.3 Å². The number of nitrogens with two attached hydrogens (primary N) is 1. The highest BCUT2D eigenvalue weighted by Crippen LogP contribution is 2.17. The molecule has 2 atom stereocenters. The Bertz CT molecular complexity index is 448. The SMILES string of the molecule is CCCCCCCC/C=C\CCCCCCCC(=O)C1C(=O)NCCCC1N. The number of allylic oxidation sites excluding steroid dienone is 2. The Hall–Kier alpha value is -1.16. The number of hydrogen-bond donors (Lipinski definition) is 2. The first-order valence-corrected chi connectivity index (χ1v) is 11.9. The number of nitrogens with one attached hydrogen (secondary N) is 1. The summed E-state index contributed by atoms with van der Waals surface area (Å²) in [6.07, 6.45) is 22.9. The molecule has 0 aromatic heterocycles. The normalized spacial score (nSPS) is 20.3. The summed E-state index contributed by atoms with van der Waals surface area (Å²) >= 11 is 0. The van der Waals surface area contributed by atoms with Crippen LogP contribution < -0.4 is 11.1 Å². The van der Waals surface area contributed by atoms with Crippen LogP contribution in [0.1, 0.15) is 110 Å². The summed E-state index contributed by atoms with van der Waals surface area (Å²) in [7, 11) is 0. The third-order valence-corrected chi connectivity index (χ3v) is 5.76. The largest absolute Gasteiger partial charge is 0.355 e. The Balaban J connectivity index is 1.95. The van der Waals surface area contributed by atoms with Gasteiger partial charge in [0.15, 0.2) is 0 Å². The Labute approximate surface area is 173 Å². The van der Waals surface area contributed by atoms with Crippen LogP contribution >= 0.6 is 0 Å². The van der Waals surface area contributed by atoms with Gasteiger partial charge in [-0.15, -0.1) is 0 Å². The topological polar surface area (TPSA) is 72.2 Å². The van der Waals surface area contributed by atoms with Crippen LogP contribution in [0.5, 0.6) is 0 Å². The lowest BCUT2D eigenvalue weighted by atomic mass is 9.90. The molecule has 1 amide bonds. The first kappa shape index (κ1) is 24.9. The molecule has 0 aromatic rings. The van der Waals surface area contributed by atoms with E-state index in [2.05, 4.69) is 24.4 Å². The molecule has 1 saturated heterocycles. The van der Waals surface area contributed by atoms with Crippen molar-refractivity contribution in [3.05, 3.63) is 12.2 Å². The van der Waals surface area contributed by atoms with Crippen LogP contribution in [0.4, 0.5) is 0 Å².